The molecule has 1 aliphatic carbocycles. The van der Waals surface area contributed by atoms with Gasteiger partial charge in [0, 0.05) is 10.5 Å². The van der Waals surface area contributed by atoms with E-state index in [2.05, 4.69) is 34.2 Å². The summed E-state index contributed by atoms with van der Waals surface area (Å²) in [6, 6.07) is 4.77. The molecule has 1 aromatic rings. The molecule has 0 unspecified atom stereocenters. The van der Waals surface area contributed by atoms with Gasteiger partial charge in [0.15, 0.2) is 0 Å². The summed E-state index contributed by atoms with van der Waals surface area (Å²) in [7, 11) is 1.74. The predicted octanol–water partition coefficient (Wildman–Crippen LogP) is 4.90. The topological polar surface area (TPSA) is 21.3 Å². The molecule has 0 radical (unpaired) electrons. The average Bonchev–Trinajstić information content (AvgIpc) is 2.60. The molecule has 1 aliphatic rings. The van der Waals surface area contributed by atoms with Crippen molar-refractivity contribution in [2.45, 2.75) is 51.5 Å². The van der Waals surface area contributed by atoms with Crippen LogP contribution in [0.5, 0.6) is 5.75 Å². The van der Waals surface area contributed by atoms with Crippen LogP contribution in [0.15, 0.2) is 16.6 Å². The second-order valence-electron chi connectivity index (χ2n) is 5.13. The number of hydrogen-bond acceptors (Lipinski definition) is 2. The molecule has 100 valence electrons. The van der Waals surface area contributed by atoms with E-state index in [1.807, 2.05) is 6.07 Å². The lowest BCUT2D eigenvalue weighted by atomic mass is 10.1. The molecule has 1 N–H and O–H groups in total. The van der Waals surface area contributed by atoms with Crippen molar-refractivity contribution in [2.24, 2.45) is 0 Å². The van der Waals surface area contributed by atoms with Crippen molar-refractivity contribution in [3.63, 3.8) is 0 Å². The van der Waals surface area contributed by atoms with E-state index >= 15 is 0 Å². The molecular weight excluding hydrogens is 290 g/mol. The molecule has 2 rings (SSSR count). The summed E-state index contributed by atoms with van der Waals surface area (Å²) in [5.41, 5.74) is 2.40. The highest BCUT2D eigenvalue weighted by Gasteiger charge is 2.15. The monoisotopic (exact) mass is 311 g/mol. The minimum absolute atomic E-state index is 0.598. The molecule has 0 saturated heterocycles. The first kappa shape index (κ1) is 13.7. The van der Waals surface area contributed by atoms with E-state index in [4.69, 9.17) is 4.74 Å². The molecule has 0 aromatic heterocycles. The van der Waals surface area contributed by atoms with Gasteiger partial charge >= 0.3 is 0 Å². The first-order valence-corrected chi connectivity index (χ1v) is 7.60. The molecule has 18 heavy (non-hydrogen) atoms. The normalized spacial score (nSPS) is 17.3. The van der Waals surface area contributed by atoms with E-state index in [1.54, 1.807) is 7.11 Å². The maximum Gasteiger partial charge on any atom is 0.143 e. The Balaban J connectivity index is 2.16. The molecule has 0 heterocycles. The standard InChI is InChI=1S/C15H22BrNO/c1-11-9-12(16)10-14(18-2)15(11)17-13-7-5-3-4-6-8-13/h9-10,13,17H,3-8H2,1-2H3. The van der Waals surface area contributed by atoms with Crippen LogP contribution >= 0.6 is 15.9 Å². The van der Waals surface area contributed by atoms with Gasteiger partial charge in [0.1, 0.15) is 5.75 Å². The summed E-state index contributed by atoms with van der Waals surface area (Å²) in [4.78, 5) is 0. The van der Waals surface area contributed by atoms with Crippen LogP contribution in [-0.4, -0.2) is 13.2 Å². The highest BCUT2D eigenvalue weighted by atomic mass is 79.9. The van der Waals surface area contributed by atoms with Crippen LogP contribution in [0, 0.1) is 6.92 Å². The smallest absolute Gasteiger partial charge is 0.143 e. The van der Waals surface area contributed by atoms with E-state index in [-0.39, 0.29) is 0 Å². The molecule has 0 amide bonds. The lowest BCUT2D eigenvalue weighted by molar-refractivity contribution is 0.415. The van der Waals surface area contributed by atoms with Gasteiger partial charge in [-0.25, -0.2) is 0 Å². The molecule has 0 aliphatic heterocycles. The fourth-order valence-corrected chi connectivity index (χ4v) is 3.24. The number of benzene rings is 1. The van der Waals surface area contributed by atoms with Gasteiger partial charge in [-0.2, -0.15) is 0 Å². The Bertz CT molecular complexity index is 398. The number of anilines is 1. The van der Waals surface area contributed by atoms with Gasteiger partial charge in [-0.15, -0.1) is 0 Å². The van der Waals surface area contributed by atoms with Crippen molar-refractivity contribution >= 4 is 21.6 Å². The molecular formula is C15H22BrNO. The van der Waals surface area contributed by atoms with Gasteiger partial charge in [-0.1, -0.05) is 41.6 Å². The van der Waals surface area contributed by atoms with Crippen molar-refractivity contribution < 1.29 is 4.74 Å². The molecule has 1 saturated carbocycles. The Labute approximate surface area is 118 Å². The molecule has 0 spiro atoms. The maximum absolute atomic E-state index is 5.49. The molecule has 1 fully saturated rings. The average molecular weight is 312 g/mol. The van der Waals surface area contributed by atoms with Crippen LogP contribution in [0.25, 0.3) is 0 Å². The summed E-state index contributed by atoms with van der Waals surface area (Å²) in [6.45, 7) is 2.13. The van der Waals surface area contributed by atoms with Crippen LogP contribution < -0.4 is 10.1 Å². The molecule has 0 bridgehead atoms. The number of aryl methyl sites for hydroxylation is 1. The second kappa shape index (κ2) is 6.46. The van der Waals surface area contributed by atoms with Crippen molar-refractivity contribution in [3.8, 4) is 5.75 Å². The van der Waals surface area contributed by atoms with Crippen LogP contribution in [0.1, 0.15) is 44.1 Å². The Morgan fingerprint density at radius 1 is 1.17 bits per heavy atom. The van der Waals surface area contributed by atoms with Crippen LogP contribution in [0.4, 0.5) is 5.69 Å². The zero-order chi connectivity index (χ0) is 13.0. The van der Waals surface area contributed by atoms with Gasteiger partial charge in [-0.3, -0.25) is 0 Å². The number of methoxy groups -OCH3 is 1. The van der Waals surface area contributed by atoms with E-state index in [1.165, 1.54) is 44.1 Å². The minimum Gasteiger partial charge on any atom is -0.495 e. The summed E-state index contributed by atoms with van der Waals surface area (Å²) in [5, 5.41) is 3.69. The number of hydrogen-bond donors (Lipinski definition) is 1. The SMILES string of the molecule is COc1cc(Br)cc(C)c1NC1CCCCCC1. The van der Waals surface area contributed by atoms with Crippen molar-refractivity contribution in [1.29, 1.82) is 0 Å². The third kappa shape index (κ3) is 3.41. The fourth-order valence-electron chi connectivity index (χ4n) is 2.69. The summed E-state index contributed by atoms with van der Waals surface area (Å²) in [6.07, 6.45) is 8.01. The van der Waals surface area contributed by atoms with E-state index in [9.17, 15) is 0 Å². The Hall–Kier alpha value is -0.700. The van der Waals surface area contributed by atoms with Crippen LogP contribution in [0.3, 0.4) is 0 Å². The van der Waals surface area contributed by atoms with Gasteiger partial charge < -0.3 is 10.1 Å². The zero-order valence-electron chi connectivity index (χ0n) is 11.3. The van der Waals surface area contributed by atoms with Crippen molar-refractivity contribution in [2.75, 3.05) is 12.4 Å². The number of ether oxygens (including phenoxy) is 1. The largest absolute Gasteiger partial charge is 0.495 e. The van der Waals surface area contributed by atoms with Gasteiger partial charge in [0.05, 0.1) is 12.8 Å². The van der Waals surface area contributed by atoms with E-state index in [0.717, 1.165) is 15.9 Å². The Morgan fingerprint density at radius 2 is 1.83 bits per heavy atom. The van der Waals surface area contributed by atoms with Crippen molar-refractivity contribution in [3.05, 3.63) is 22.2 Å². The number of nitrogens with one attached hydrogen (secondary N) is 1. The highest BCUT2D eigenvalue weighted by Crippen LogP contribution is 2.34. The summed E-state index contributed by atoms with van der Waals surface area (Å²) < 4.78 is 6.56. The van der Waals surface area contributed by atoms with Gasteiger partial charge in [0.2, 0.25) is 0 Å². The highest BCUT2D eigenvalue weighted by molar-refractivity contribution is 9.10. The predicted molar refractivity (Wildman–Crippen MR) is 80.5 cm³/mol. The molecule has 3 heteroatoms. The maximum atomic E-state index is 5.49. The van der Waals surface area contributed by atoms with E-state index < -0.39 is 0 Å². The van der Waals surface area contributed by atoms with Gasteiger partial charge in [-0.05, 0) is 37.5 Å². The van der Waals surface area contributed by atoms with Gasteiger partial charge in [0.25, 0.3) is 0 Å². The van der Waals surface area contributed by atoms with Crippen molar-refractivity contribution in [1.82, 2.24) is 0 Å². The Kier molecular flexibility index (Phi) is 4.93. The quantitative estimate of drug-likeness (QED) is 0.802. The summed E-state index contributed by atoms with van der Waals surface area (Å²) in [5.74, 6) is 0.936. The lowest BCUT2D eigenvalue weighted by Gasteiger charge is -2.21. The minimum atomic E-state index is 0.598. The lowest BCUT2D eigenvalue weighted by Crippen LogP contribution is -2.19. The second-order valence-corrected chi connectivity index (χ2v) is 6.05. The third-order valence-electron chi connectivity index (χ3n) is 3.69. The molecule has 1 aromatic carbocycles. The fraction of sp³-hybridized carbons (Fsp3) is 0.600. The molecule has 2 nitrogen and oxygen atoms in total. The number of halogens is 1. The summed E-state index contributed by atoms with van der Waals surface area (Å²) >= 11 is 3.52. The van der Waals surface area contributed by atoms with Crippen LogP contribution in [-0.2, 0) is 0 Å². The molecule has 0 atom stereocenters. The van der Waals surface area contributed by atoms with E-state index in [0.29, 0.717) is 6.04 Å². The Morgan fingerprint density at radius 3 is 2.44 bits per heavy atom. The zero-order valence-corrected chi connectivity index (χ0v) is 12.8. The number of rotatable bonds is 3. The first-order chi connectivity index (χ1) is 8.70. The third-order valence-corrected chi connectivity index (χ3v) is 4.15. The van der Waals surface area contributed by atoms with Crippen LogP contribution in [0.2, 0.25) is 0 Å². The first-order valence-electron chi connectivity index (χ1n) is 6.81.